The maximum absolute atomic E-state index is 13.6. The molecule has 10 heteroatoms. The molecule has 0 aliphatic heterocycles. The van der Waals surface area contributed by atoms with Crippen LogP contribution in [0.2, 0.25) is 0 Å². The highest BCUT2D eigenvalue weighted by Gasteiger charge is 2.61. The number of carboxylic acids is 1. The van der Waals surface area contributed by atoms with Crippen LogP contribution in [0.3, 0.4) is 0 Å². The first-order chi connectivity index (χ1) is 17.4. The van der Waals surface area contributed by atoms with Gasteiger partial charge in [-0.15, -0.1) is 0 Å². The zero-order valence-corrected chi connectivity index (χ0v) is 23.0. The lowest BCUT2D eigenvalue weighted by Gasteiger charge is -2.40. The van der Waals surface area contributed by atoms with Gasteiger partial charge in [0.15, 0.2) is 0 Å². The molecular formula is C27H42N4O5S. The fraction of sp³-hybridized carbons (Fsp3) is 0.741. The fourth-order valence-corrected chi connectivity index (χ4v) is 8.21. The van der Waals surface area contributed by atoms with E-state index in [0.717, 1.165) is 51.4 Å². The molecule has 0 saturated heterocycles. The number of fused-ring (bicyclic) bond motifs is 2. The number of hydrogen-bond donors (Lipinski definition) is 4. The average molecular weight is 535 g/mol. The quantitative estimate of drug-likeness (QED) is 0.344. The Labute approximate surface area is 220 Å². The molecule has 37 heavy (non-hydrogen) atoms. The minimum Gasteiger partial charge on any atom is -0.480 e. The molecule has 0 unspecified atom stereocenters. The van der Waals surface area contributed by atoms with Gasteiger partial charge in [-0.05, 0) is 72.5 Å². The second kappa shape index (κ2) is 11.0. The van der Waals surface area contributed by atoms with E-state index in [9.17, 15) is 23.1 Å². The molecule has 3 saturated carbocycles. The molecule has 2 bridgehead atoms. The third-order valence-corrected chi connectivity index (χ3v) is 11.0. The number of rotatable bonds is 11. The van der Waals surface area contributed by atoms with Crippen molar-refractivity contribution in [3.63, 3.8) is 0 Å². The lowest BCUT2D eigenvalue weighted by molar-refractivity contribution is -0.138. The Morgan fingerprint density at radius 2 is 1.70 bits per heavy atom. The van der Waals surface area contributed by atoms with Gasteiger partial charge in [-0.3, -0.25) is 14.6 Å². The Hall–Kier alpha value is -2.04. The number of carboxylic acid groups (broad SMARTS) is 1. The Balaban J connectivity index is 1.48. The van der Waals surface area contributed by atoms with Gasteiger partial charge in [-0.2, -0.15) is 17.9 Å². The minimum absolute atomic E-state index is 0.00136. The van der Waals surface area contributed by atoms with Crippen LogP contribution in [0.25, 0.3) is 0 Å². The van der Waals surface area contributed by atoms with Crippen molar-refractivity contribution in [2.75, 3.05) is 0 Å². The van der Waals surface area contributed by atoms with Crippen LogP contribution in [0, 0.1) is 22.7 Å². The molecular weight excluding hydrogens is 492 g/mol. The van der Waals surface area contributed by atoms with Crippen molar-refractivity contribution in [1.82, 2.24) is 19.7 Å². The summed E-state index contributed by atoms with van der Waals surface area (Å²) in [4.78, 5) is 29.4. The van der Waals surface area contributed by atoms with Gasteiger partial charge in [0.1, 0.15) is 12.1 Å². The number of amides is 1. The number of hydrogen-bond acceptors (Lipinski definition) is 5. The number of pyridine rings is 1. The monoisotopic (exact) mass is 534 g/mol. The van der Waals surface area contributed by atoms with Crippen LogP contribution >= 0.6 is 0 Å². The van der Waals surface area contributed by atoms with E-state index in [0.29, 0.717) is 17.9 Å². The largest absolute Gasteiger partial charge is 0.480 e. The summed E-state index contributed by atoms with van der Waals surface area (Å²) in [6.07, 6.45) is 11.8. The fourth-order valence-electron chi connectivity index (χ4n) is 7.00. The number of carbonyl (C=O) groups is 2. The topological polar surface area (TPSA) is 137 Å². The average Bonchev–Trinajstić information content (AvgIpc) is 3.18. The normalized spacial score (nSPS) is 29.1. The first-order valence-corrected chi connectivity index (χ1v) is 15.1. The summed E-state index contributed by atoms with van der Waals surface area (Å²) >= 11 is 0. The van der Waals surface area contributed by atoms with E-state index in [2.05, 4.69) is 40.5 Å². The van der Waals surface area contributed by atoms with Gasteiger partial charge in [0.05, 0.1) is 0 Å². The van der Waals surface area contributed by atoms with E-state index in [1.54, 1.807) is 12.1 Å². The smallest absolute Gasteiger partial charge is 0.322 e. The van der Waals surface area contributed by atoms with Gasteiger partial charge in [-0.25, -0.2) is 0 Å². The molecule has 1 aromatic heterocycles. The van der Waals surface area contributed by atoms with E-state index >= 15 is 0 Å². The van der Waals surface area contributed by atoms with Gasteiger partial charge < -0.3 is 10.4 Å². The van der Waals surface area contributed by atoms with Crippen molar-refractivity contribution in [2.24, 2.45) is 22.7 Å². The summed E-state index contributed by atoms with van der Waals surface area (Å²) in [6.45, 7) is 6.79. The van der Waals surface area contributed by atoms with Gasteiger partial charge in [0.25, 0.3) is 10.2 Å². The molecule has 1 aromatic rings. The number of carbonyl (C=O) groups excluding carboxylic acids is 1. The maximum atomic E-state index is 13.6. The molecule has 1 heterocycles. The Morgan fingerprint density at radius 1 is 1.05 bits per heavy atom. The summed E-state index contributed by atoms with van der Waals surface area (Å²) in [7, 11) is -4.28. The van der Waals surface area contributed by atoms with Gasteiger partial charge in [0, 0.05) is 18.4 Å². The molecule has 3 aliphatic rings. The first kappa shape index (κ1) is 28.0. The van der Waals surface area contributed by atoms with E-state index in [-0.39, 0.29) is 35.1 Å². The minimum atomic E-state index is -4.28. The maximum Gasteiger partial charge on any atom is 0.322 e. The van der Waals surface area contributed by atoms with Crippen LogP contribution < -0.4 is 14.8 Å². The molecule has 0 aromatic carbocycles. The Bertz CT molecular complexity index is 1070. The van der Waals surface area contributed by atoms with E-state index in [1.165, 1.54) is 12.4 Å². The summed E-state index contributed by atoms with van der Waals surface area (Å²) in [6, 6.07) is 0.965. The Morgan fingerprint density at radius 3 is 2.27 bits per heavy atom. The third kappa shape index (κ3) is 6.17. The molecule has 4 rings (SSSR count). The van der Waals surface area contributed by atoms with Crippen LogP contribution in [0.4, 0.5) is 0 Å². The zero-order valence-electron chi connectivity index (χ0n) is 22.2. The first-order valence-electron chi connectivity index (χ1n) is 13.6. The van der Waals surface area contributed by atoms with Crippen molar-refractivity contribution < 1.29 is 23.1 Å². The van der Waals surface area contributed by atoms with Gasteiger partial charge >= 0.3 is 5.97 Å². The lowest BCUT2D eigenvalue weighted by Crippen LogP contribution is -2.57. The Kier molecular flexibility index (Phi) is 8.30. The highest BCUT2D eigenvalue weighted by Crippen LogP contribution is 2.65. The molecule has 9 nitrogen and oxygen atoms in total. The van der Waals surface area contributed by atoms with Crippen LogP contribution in [0.1, 0.15) is 84.1 Å². The predicted octanol–water partition coefficient (Wildman–Crippen LogP) is 3.17. The van der Waals surface area contributed by atoms with E-state index in [4.69, 9.17) is 0 Å². The highest BCUT2D eigenvalue weighted by molar-refractivity contribution is 7.87. The molecule has 206 valence electrons. The molecule has 1 amide bonds. The van der Waals surface area contributed by atoms with E-state index < -0.39 is 28.3 Å². The molecule has 4 N–H and O–H groups in total. The second-order valence-electron chi connectivity index (χ2n) is 12.2. The van der Waals surface area contributed by atoms with Crippen molar-refractivity contribution in [1.29, 1.82) is 0 Å². The molecule has 3 fully saturated rings. The zero-order chi connectivity index (χ0) is 26.8. The standard InChI is InChI=1S/C27H42N4O5S/c1-26(2)20-9-12-27(26,3)23(17-20)29-24(32)21(15-18-7-5-4-6-8-18)30-37(35,36)31-22(25(33)34)16-19-10-13-28-14-11-19/h10-11,13-14,18,20-23,30-31H,4-9,12,15-17H2,1-3H3,(H,29,32)(H,33,34)/t20-,21+,22+,23+,27+/m1/s1. The van der Waals surface area contributed by atoms with Gasteiger partial charge in [0.2, 0.25) is 5.91 Å². The molecule has 0 spiro atoms. The molecule has 5 atom stereocenters. The third-order valence-electron chi connectivity index (χ3n) is 9.80. The number of aliphatic carboxylic acids is 1. The van der Waals surface area contributed by atoms with Crippen molar-refractivity contribution >= 4 is 22.1 Å². The van der Waals surface area contributed by atoms with Crippen molar-refractivity contribution in [3.8, 4) is 0 Å². The van der Waals surface area contributed by atoms with Crippen molar-refractivity contribution in [3.05, 3.63) is 30.1 Å². The van der Waals surface area contributed by atoms with E-state index in [1.807, 2.05) is 0 Å². The summed E-state index contributed by atoms with van der Waals surface area (Å²) in [5.74, 6) is -0.798. The van der Waals surface area contributed by atoms with Crippen LogP contribution in [-0.2, 0) is 26.2 Å². The molecule has 3 aliphatic carbocycles. The van der Waals surface area contributed by atoms with Crippen LogP contribution in [-0.4, -0.2) is 48.5 Å². The SMILES string of the molecule is CC1(C)[C@@H]2CC[C@@]1(C)[C@@H](NC(=O)[C@H](CC1CCCCC1)NS(=O)(=O)N[C@@H](Cc1ccncc1)C(=O)O)C2. The second-order valence-corrected chi connectivity index (χ2v) is 13.6. The number of nitrogens with zero attached hydrogens (tertiary/aromatic N) is 1. The molecule has 0 radical (unpaired) electrons. The van der Waals surface area contributed by atoms with Crippen LogP contribution in [0.5, 0.6) is 0 Å². The summed E-state index contributed by atoms with van der Waals surface area (Å²) in [5.41, 5.74) is 0.736. The summed E-state index contributed by atoms with van der Waals surface area (Å²) < 4.78 is 31.1. The summed E-state index contributed by atoms with van der Waals surface area (Å²) in [5, 5.41) is 12.9. The van der Waals surface area contributed by atoms with Crippen LogP contribution in [0.15, 0.2) is 24.5 Å². The lowest BCUT2D eigenvalue weighted by atomic mass is 9.69. The van der Waals surface area contributed by atoms with Crippen molar-refractivity contribution in [2.45, 2.75) is 103 Å². The predicted molar refractivity (Wildman–Crippen MR) is 141 cm³/mol. The highest BCUT2D eigenvalue weighted by atomic mass is 32.2. The van der Waals surface area contributed by atoms with Gasteiger partial charge in [-0.1, -0.05) is 52.9 Å². The number of aromatic nitrogens is 1. The number of nitrogens with one attached hydrogen (secondary N) is 3.